The van der Waals surface area contributed by atoms with Gasteiger partial charge in [-0.05, 0) is 107 Å². The van der Waals surface area contributed by atoms with Gasteiger partial charge in [-0.15, -0.1) is 11.6 Å². The van der Waals surface area contributed by atoms with E-state index < -0.39 is 22.6 Å². The molecule has 1 amide bonds. The van der Waals surface area contributed by atoms with Gasteiger partial charge in [-0.3, -0.25) is 25.0 Å². The second-order valence-electron chi connectivity index (χ2n) is 21.6. The van der Waals surface area contributed by atoms with Crippen molar-refractivity contribution in [2.45, 2.75) is 112 Å². The first-order valence-electron chi connectivity index (χ1n) is 32.2. The summed E-state index contributed by atoms with van der Waals surface area (Å²) in [7, 11) is 1.51. The third-order valence-corrected chi connectivity index (χ3v) is 14.7. The minimum Gasteiger partial charge on any atom is -0.493 e. The zero-order valence-corrected chi connectivity index (χ0v) is 55.9. The smallest absolute Gasteiger partial charge is 0.413 e. The number of carbonyl (C=O) groups excluding carboxylic acids is 3. The molecule has 0 unspecified atom stereocenters. The van der Waals surface area contributed by atoms with Crippen molar-refractivity contribution in [3.63, 3.8) is 0 Å². The van der Waals surface area contributed by atoms with Crippen LogP contribution in [0.2, 0.25) is 0 Å². The van der Waals surface area contributed by atoms with E-state index in [9.17, 15) is 29.3 Å². The van der Waals surface area contributed by atoms with Gasteiger partial charge in [-0.2, -0.15) is 4.98 Å². The average Bonchev–Trinajstić information content (AvgIpc) is 0.829. The number of alkyl halides is 1. The zero-order valence-electron chi connectivity index (χ0n) is 55.1. The van der Waals surface area contributed by atoms with Crippen molar-refractivity contribution < 1.29 is 85.3 Å². The number of nitrogens with zero attached hydrogens (tertiary/aromatic N) is 4. The molecule has 2 aromatic heterocycles. The van der Waals surface area contributed by atoms with Crippen molar-refractivity contribution in [2.24, 2.45) is 0 Å². The lowest BCUT2D eigenvalue weighted by atomic mass is 10.0. The van der Waals surface area contributed by atoms with Crippen LogP contribution >= 0.6 is 11.6 Å². The number of amides is 1. The molecule has 27 heteroatoms. The lowest BCUT2D eigenvalue weighted by Crippen LogP contribution is -2.21. The number of aryl methyl sites for hydroxylation is 2. The first-order chi connectivity index (χ1) is 45.7. The highest BCUT2D eigenvalue weighted by atomic mass is 35.5. The maximum absolute atomic E-state index is 13.1. The SMILES string of the molecule is CCN(CC)c1ccc2c(COC(=O)Nc3nc(N)ncc3Cc3cc(C)c(OCC(=O)CCCCOCCOCCOCCCCC(=O)OCc4cc(C)c(OCCOCCOCCOCCOCCOCCCCCCCl)cc4[N+](=O)[O-])c(OC)c3)cc(=O)oc2c1. The standard InChI is InChI=1S/C67H95ClN6O20/c1-6-73(7-2)55-18-19-57-53(42-63(77)94-60(57)43-55)46-93-67(78)72-65-52(45-70-66(69)71-65)40-51-38-50(4)64(61(41-51)81-5)92-48-56(75)16-10-14-22-83-25-28-85-29-26-84-23-15-11-17-62(76)91-47-54-39-49(3)59(44-58(54)74(79)80)90-37-36-89-35-34-88-33-32-87-31-30-86-27-24-82-21-13-9-8-12-20-68/h18-19,38-39,41-45H,6-17,20-37,40,46-48H2,1-5H3,(H3,69,70,71,72,78). The van der Waals surface area contributed by atoms with Gasteiger partial charge in [0, 0.05) is 98.6 Å². The summed E-state index contributed by atoms with van der Waals surface area (Å²) < 4.78 is 78.4. The number of rotatable bonds is 53. The average molecular weight is 1340 g/mol. The van der Waals surface area contributed by atoms with Crippen molar-refractivity contribution in [1.29, 1.82) is 0 Å². The maximum atomic E-state index is 13.1. The summed E-state index contributed by atoms with van der Waals surface area (Å²) in [5, 5.41) is 15.2. The van der Waals surface area contributed by atoms with Crippen LogP contribution in [0.4, 0.5) is 27.9 Å². The van der Waals surface area contributed by atoms with E-state index in [2.05, 4.69) is 20.2 Å². The summed E-state index contributed by atoms with van der Waals surface area (Å²) in [5.41, 5.74) is 9.86. The third-order valence-electron chi connectivity index (χ3n) is 14.5. The minimum atomic E-state index is -0.821. The van der Waals surface area contributed by atoms with E-state index >= 15 is 0 Å². The number of hydrogen-bond acceptors (Lipinski definition) is 24. The normalized spacial score (nSPS) is 11.3. The minimum absolute atomic E-state index is 0.0621. The zero-order chi connectivity index (χ0) is 67.6. The summed E-state index contributed by atoms with van der Waals surface area (Å²) in [5.74, 6) is 1.42. The summed E-state index contributed by atoms with van der Waals surface area (Å²) >= 11 is 5.68. The molecule has 26 nitrogen and oxygen atoms in total. The fourth-order valence-corrected chi connectivity index (χ4v) is 9.74. The van der Waals surface area contributed by atoms with Gasteiger partial charge in [0.15, 0.2) is 17.3 Å². The Morgan fingerprint density at radius 2 is 1.21 bits per heavy atom. The fourth-order valence-electron chi connectivity index (χ4n) is 9.55. The van der Waals surface area contributed by atoms with Crippen LogP contribution in [-0.4, -0.2) is 178 Å². The van der Waals surface area contributed by atoms with Crippen LogP contribution in [0.15, 0.2) is 63.9 Å². The predicted octanol–water partition coefficient (Wildman–Crippen LogP) is 10.2. The van der Waals surface area contributed by atoms with Crippen LogP contribution in [0.3, 0.4) is 0 Å². The number of esters is 1. The number of hydrogen-bond donors (Lipinski definition) is 2. The number of fused-ring (bicyclic) bond motifs is 1. The highest BCUT2D eigenvalue weighted by Crippen LogP contribution is 2.35. The topological polar surface area (TPSA) is 312 Å². The molecule has 3 aromatic carbocycles. The molecule has 0 atom stereocenters. The quantitative estimate of drug-likeness (QED) is 0.00912. The first kappa shape index (κ1) is 77.4. The number of nitro groups is 1. The monoisotopic (exact) mass is 1340 g/mol. The van der Waals surface area contributed by atoms with Gasteiger partial charge in [-0.25, -0.2) is 14.6 Å². The summed E-state index contributed by atoms with van der Waals surface area (Å²) in [4.78, 5) is 72.8. The lowest BCUT2D eigenvalue weighted by Gasteiger charge is -2.21. The van der Waals surface area contributed by atoms with E-state index in [0.717, 1.165) is 62.2 Å². The van der Waals surface area contributed by atoms with Crippen molar-refractivity contribution in [2.75, 3.05) is 161 Å². The molecule has 0 aliphatic heterocycles. The van der Waals surface area contributed by atoms with Gasteiger partial charge >= 0.3 is 17.7 Å². The molecular weight excluding hydrogens is 1240 g/mol. The largest absolute Gasteiger partial charge is 0.493 e. The number of nitrogens with one attached hydrogen (secondary N) is 1. The number of benzene rings is 3. The molecule has 5 aromatic rings. The molecule has 3 N–H and O–H groups in total. The van der Waals surface area contributed by atoms with Gasteiger partial charge in [0.05, 0.1) is 110 Å². The van der Waals surface area contributed by atoms with Crippen molar-refractivity contribution >= 4 is 63.6 Å². The van der Waals surface area contributed by atoms with Crippen LogP contribution < -0.4 is 35.8 Å². The second-order valence-corrected chi connectivity index (χ2v) is 22.0. The van der Waals surface area contributed by atoms with Crippen LogP contribution in [0, 0.1) is 24.0 Å². The molecule has 0 bridgehead atoms. The maximum Gasteiger partial charge on any atom is 0.413 e. The Hall–Kier alpha value is -7.27. The van der Waals surface area contributed by atoms with Crippen LogP contribution in [-0.2, 0) is 76.6 Å². The number of methoxy groups -OCH3 is 1. The van der Waals surface area contributed by atoms with Crippen molar-refractivity contribution in [3.05, 3.63) is 109 Å². The van der Waals surface area contributed by atoms with Gasteiger partial charge in [0.25, 0.3) is 5.69 Å². The number of anilines is 3. The Labute approximate surface area is 555 Å². The molecule has 520 valence electrons. The van der Waals surface area contributed by atoms with Crippen molar-refractivity contribution in [1.82, 2.24) is 9.97 Å². The highest BCUT2D eigenvalue weighted by molar-refractivity contribution is 6.17. The number of ketones is 1. The number of unbranched alkanes of at least 4 members (excludes halogenated alkanes) is 5. The number of Topliss-reactive ketones (excluding diaryl/α,β-unsaturated/α-hetero) is 1. The lowest BCUT2D eigenvalue weighted by molar-refractivity contribution is -0.385. The number of carbonyl (C=O) groups is 3. The number of ether oxygens (including phenoxy) is 13. The van der Waals surface area contributed by atoms with Crippen molar-refractivity contribution in [3.8, 4) is 17.2 Å². The number of nitro benzene ring substituents is 1. The van der Waals surface area contributed by atoms with Gasteiger partial charge in [0.1, 0.15) is 43.6 Å². The number of nitrogen functional groups attached to an aromatic ring is 1. The van der Waals surface area contributed by atoms with Crippen LogP contribution in [0.5, 0.6) is 17.2 Å². The Morgan fingerprint density at radius 1 is 0.638 bits per heavy atom. The molecule has 0 fully saturated rings. The predicted molar refractivity (Wildman–Crippen MR) is 354 cm³/mol. The summed E-state index contributed by atoms with van der Waals surface area (Å²) in [6, 6.07) is 13.4. The van der Waals surface area contributed by atoms with Crippen LogP contribution in [0.25, 0.3) is 11.0 Å². The number of halogens is 1. The first-order valence-corrected chi connectivity index (χ1v) is 32.7. The number of nitrogens with two attached hydrogens (primary N) is 1. The van der Waals surface area contributed by atoms with E-state index in [-0.39, 0.29) is 74.7 Å². The summed E-state index contributed by atoms with van der Waals surface area (Å²) in [6.45, 7) is 15.8. The Kier molecular flexibility index (Phi) is 37.9. The Morgan fingerprint density at radius 3 is 1.81 bits per heavy atom. The molecule has 94 heavy (non-hydrogen) atoms. The van der Waals surface area contributed by atoms with Gasteiger partial charge < -0.3 is 76.6 Å². The van der Waals surface area contributed by atoms with E-state index in [1.54, 1.807) is 25.1 Å². The molecule has 5 rings (SSSR count). The number of aromatic nitrogens is 2. The third kappa shape index (κ3) is 30.0. The van der Waals surface area contributed by atoms with Gasteiger partial charge in [-0.1, -0.05) is 18.9 Å². The Bertz CT molecular complexity index is 3110. The van der Waals surface area contributed by atoms with E-state index in [1.807, 2.05) is 39.0 Å². The highest BCUT2D eigenvalue weighted by Gasteiger charge is 2.21. The fraction of sp³-hybridized carbons (Fsp3) is 0.582. The van der Waals surface area contributed by atoms with Gasteiger partial charge in [0.2, 0.25) is 5.95 Å². The molecule has 0 aliphatic rings. The van der Waals surface area contributed by atoms with E-state index in [4.69, 9.17) is 83.3 Å². The molecular formula is C67H95ClN6O20. The molecule has 0 saturated heterocycles. The van der Waals surface area contributed by atoms with E-state index in [0.29, 0.717) is 175 Å². The van der Waals surface area contributed by atoms with Crippen LogP contribution in [0.1, 0.15) is 111 Å². The molecule has 0 aliphatic carbocycles. The molecule has 0 radical (unpaired) electrons. The molecule has 0 spiro atoms. The molecule has 0 saturated carbocycles. The van der Waals surface area contributed by atoms with E-state index in [1.165, 1.54) is 25.4 Å². The molecule has 2 heterocycles. The second kappa shape index (κ2) is 46.0. The summed E-state index contributed by atoms with van der Waals surface area (Å²) in [6.07, 6.45) is 8.15. The Balaban J connectivity index is 0.845.